The molecule has 0 spiro atoms. The maximum Gasteiger partial charge on any atom is 0.349 e. The van der Waals surface area contributed by atoms with Gasteiger partial charge in [0.2, 0.25) is 0 Å². The maximum atomic E-state index is 7.25. The van der Waals surface area contributed by atoms with Crippen LogP contribution in [0.1, 0.15) is 68.5 Å². The van der Waals surface area contributed by atoms with Gasteiger partial charge in [-0.3, -0.25) is 4.57 Å². The Hall–Kier alpha value is -2.16. The number of nitrogens with two attached hydrogens (primary N) is 1. The van der Waals surface area contributed by atoms with E-state index in [1.54, 1.807) is 12.7 Å². The summed E-state index contributed by atoms with van der Waals surface area (Å²) in [6.45, 7) is 25.2. The zero-order chi connectivity index (χ0) is 30.2. The Kier molecular flexibility index (Phi) is 7.36. The number of benzene rings is 1. The van der Waals surface area contributed by atoms with Crippen molar-refractivity contribution in [1.29, 1.82) is 0 Å². The standard InChI is InChI=1S/C30H47N5O4Si2/c1-28(2,3)40(10,11)38-25-24-21(16-36-41(39-24,29(4,5)6)30(7,8)9)37-27(25)35-18-34-23-22(32-17-33-26(23)35)19-13-12-14-20(31)15-19/h12-15,17-18,21,24-25,27H,16,31H2,1-11H3/t21-,24+,25+,27-/m1/s1. The third-order valence-electron chi connectivity index (χ3n) is 9.04. The van der Waals surface area contributed by atoms with Crippen LogP contribution < -0.4 is 5.73 Å². The second-order valence-electron chi connectivity index (χ2n) is 15.1. The lowest BCUT2D eigenvalue weighted by Gasteiger charge is -2.54. The second-order valence-corrected chi connectivity index (χ2v) is 24.6. The molecule has 0 amide bonds. The van der Waals surface area contributed by atoms with Gasteiger partial charge in [0.05, 0.1) is 12.9 Å². The van der Waals surface area contributed by atoms with Gasteiger partial charge in [0.25, 0.3) is 0 Å². The summed E-state index contributed by atoms with van der Waals surface area (Å²) in [6.07, 6.45) is 1.97. The van der Waals surface area contributed by atoms with Gasteiger partial charge in [-0.25, -0.2) is 15.0 Å². The van der Waals surface area contributed by atoms with Gasteiger partial charge in [0.1, 0.15) is 35.8 Å². The number of hydrogen-bond donors (Lipinski definition) is 1. The van der Waals surface area contributed by atoms with Crippen LogP contribution in [0.2, 0.25) is 28.2 Å². The summed E-state index contributed by atoms with van der Waals surface area (Å²) < 4.78 is 30.0. The number of rotatable bonds is 4. The van der Waals surface area contributed by atoms with Crippen molar-refractivity contribution in [2.45, 2.75) is 115 Å². The molecule has 2 saturated heterocycles. The molecular formula is C30H47N5O4Si2. The SMILES string of the molecule is CC(C)(C)[Si](C)(C)O[C@H]1[C@H]2O[Si](C(C)(C)C)(C(C)(C)C)OC[C@H]2O[C@H]1n1cnc2c(-c3cccc(N)c3)ncnc21. The molecule has 5 rings (SSSR count). The molecule has 0 unspecified atom stereocenters. The van der Waals surface area contributed by atoms with Gasteiger partial charge in [-0.1, -0.05) is 74.4 Å². The van der Waals surface area contributed by atoms with Crippen LogP contribution in [0.4, 0.5) is 5.69 Å². The van der Waals surface area contributed by atoms with Gasteiger partial charge in [-0.2, -0.15) is 0 Å². The normalized spacial score (nSPS) is 25.4. The van der Waals surface area contributed by atoms with Crippen molar-refractivity contribution in [2.75, 3.05) is 12.3 Å². The summed E-state index contributed by atoms with van der Waals surface area (Å²) >= 11 is 0. The molecule has 9 nitrogen and oxygen atoms in total. The molecule has 2 N–H and O–H groups in total. The van der Waals surface area contributed by atoms with Crippen LogP contribution in [-0.2, 0) is 18.0 Å². The number of aromatic nitrogens is 4. The molecule has 11 heteroatoms. The second kappa shape index (κ2) is 9.95. The lowest BCUT2D eigenvalue weighted by atomic mass is 10.1. The molecule has 4 heterocycles. The van der Waals surface area contributed by atoms with E-state index in [0.29, 0.717) is 23.5 Å². The highest BCUT2D eigenvalue weighted by Crippen LogP contribution is 2.56. The van der Waals surface area contributed by atoms with Crippen LogP contribution in [0.5, 0.6) is 0 Å². The Morgan fingerprint density at radius 1 is 1.00 bits per heavy atom. The Labute approximate surface area is 246 Å². The van der Waals surface area contributed by atoms with Gasteiger partial charge >= 0.3 is 8.56 Å². The number of nitrogens with zero attached hydrogens (tertiary/aromatic N) is 4. The van der Waals surface area contributed by atoms with Gasteiger partial charge < -0.3 is 23.7 Å². The minimum absolute atomic E-state index is 0.00294. The average molecular weight is 598 g/mol. The quantitative estimate of drug-likeness (QED) is 0.258. The van der Waals surface area contributed by atoms with Crippen molar-refractivity contribution in [3.05, 3.63) is 36.9 Å². The summed E-state index contributed by atoms with van der Waals surface area (Å²) in [4.78, 5) is 14.0. The third-order valence-corrected chi connectivity index (χ3v) is 18.6. The maximum absolute atomic E-state index is 7.25. The van der Waals surface area contributed by atoms with Gasteiger partial charge in [0.15, 0.2) is 20.2 Å². The average Bonchev–Trinajstić information content (AvgIpc) is 3.42. The van der Waals surface area contributed by atoms with E-state index in [4.69, 9.17) is 28.7 Å². The molecule has 0 saturated carbocycles. The fraction of sp³-hybridized carbons (Fsp3) is 0.633. The van der Waals surface area contributed by atoms with E-state index < -0.39 is 23.1 Å². The Morgan fingerprint density at radius 3 is 2.29 bits per heavy atom. The Morgan fingerprint density at radius 2 is 1.68 bits per heavy atom. The van der Waals surface area contributed by atoms with E-state index in [9.17, 15) is 0 Å². The van der Waals surface area contributed by atoms with Crippen molar-refractivity contribution < 1.29 is 18.0 Å². The zero-order valence-electron chi connectivity index (χ0n) is 26.5. The summed E-state index contributed by atoms with van der Waals surface area (Å²) in [6, 6.07) is 7.66. The van der Waals surface area contributed by atoms with Gasteiger partial charge in [-0.15, -0.1) is 0 Å². The molecule has 2 fully saturated rings. The summed E-state index contributed by atoms with van der Waals surface area (Å²) in [5.41, 5.74) is 9.74. The van der Waals surface area contributed by atoms with Crippen molar-refractivity contribution >= 4 is 33.7 Å². The number of hydrogen-bond acceptors (Lipinski definition) is 8. The largest absolute Gasteiger partial charge is 0.407 e. The predicted molar refractivity (Wildman–Crippen MR) is 167 cm³/mol. The van der Waals surface area contributed by atoms with E-state index in [1.807, 2.05) is 28.8 Å². The first-order valence-corrected chi connectivity index (χ1v) is 19.3. The van der Waals surface area contributed by atoms with Crippen molar-refractivity contribution in [3.8, 4) is 11.3 Å². The van der Waals surface area contributed by atoms with Crippen LogP contribution in [0, 0.1) is 0 Å². The summed E-state index contributed by atoms with van der Waals surface area (Å²) in [5.74, 6) is 0. The highest BCUT2D eigenvalue weighted by Gasteiger charge is 2.66. The van der Waals surface area contributed by atoms with Gasteiger partial charge in [-0.05, 0) is 30.3 Å². The number of fused-ring (bicyclic) bond motifs is 2. The van der Waals surface area contributed by atoms with Crippen molar-refractivity contribution in [2.24, 2.45) is 0 Å². The smallest absolute Gasteiger partial charge is 0.349 e. The summed E-state index contributed by atoms with van der Waals surface area (Å²) in [7, 11) is -5.01. The molecule has 4 atom stereocenters. The van der Waals surface area contributed by atoms with Crippen LogP contribution in [0.25, 0.3) is 22.4 Å². The lowest BCUT2D eigenvalue weighted by Crippen LogP contribution is -2.66. The van der Waals surface area contributed by atoms with Crippen molar-refractivity contribution in [3.63, 3.8) is 0 Å². The number of imidazole rings is 1. The number of ether oxygens (including phenoxy) is 1. The van der Waals surface area contributed by atoms with Gasteiger partial charge in [0, 0.05) is 21.3 Å². The predicted octanol–water partition coefficient (Wildman–Crippen LogP) is 6.82. The number of anilines is 1. The molecule has 224 valence electrons. The molecule has 2 aromatic heterocycles. The molecule has 2 aliphatic heterocycles. The first-order valence-electron chi connectivity index (χ1n) is 14.5. The summed E-state index contributed by atoms with van der Waals surface area (Å²) in [5, 5.41) is -0.308. The molecule has 0 aliphatic carbocycles. The molecule has 2 aliphatic rings. The highest BCUT2D eigenvalue weighted by atomic mass is 28.4. The van der Waals surface area contributed by atoms with Crippen LogP contribution in [0.3, 0.4) is 0 Å². The topological polar surface area (TPSA) is 107 Å². The molecule has 0 bridgehead atoms. The molecular weight excluding hydrogens is 551 g/mol. The molecule has 1 aromatic carbocycles. The fourth-order valence-corrected chi connectivity index (χ4v) is 12.4. The van der Waals surface area contributed by atoms with E-state index in [2.05, 4.69) is 85.4 Å². The first kappa shape index (κ1) is 30.3. The number of nitrogen functional groups attached to an aromatic ring is 1. The van der Waals surface area contributed by atoms with E-state index in [-0.39, 0.29) is 33.4 Å². The van der Waals surface area contributed by atoms with Crippen LogP contribution in [0.15, 0.2) is 36.9 Å². The molecule has 0 radical (unpaired) electrons. The Bertz CT molecular complexity index is 1410. The minimum Gasteiger partial charge on any atom is -0.407 e. The van der Waals surface area contributed by atoms with E-state index >= 15 is 0 Å². The fourth-order valence-electron chi connectivity index (χ4n) is 6.12. The lowest BCUT2D eigenvalue weighted by molar-refractivity contribution is -0.0795. The van der Waals surface area contributed by atoms with E-state index in [0.717, 1.165) is 11.3 Å². The molecule has 41 heavy (non-hydrogen) atoms. The third kappa shape index (κ3) is 5.08. The minimum atomic E-state index is -2.77. The zero-order valence-corrected chi connectivity index (χ0v) is 28.5. The van der Waals surface area contributed by atoms with Crippen molar-refractivity contribution in [1.82, 2.24) is 19.5 Å². The highest BCUT2D eigenvalue weighted by molar-refractivity contribution is 6.74. The van der Waals surface area contributed by atoms with E-state index in [1.165, 1.54) is 0 Å². The molecule has 3 aromatic rings. The van der Waals surface area contributed by atoms with Crippen LogP contribution in [-0.4, -0.2) is 61.3 Å². The first-order chi connectivity index (χ1) is 18.9. The Balaban J connectivity index is 1.61. The van der Waals surface area contributed by atoms with Crippen LogP contribution >= 0.6 is 0 Å². The monoisotopic (exact) mass is 597 g/mol.